The van der Waals surface area contributed by atoms with E-state index in [1.165, 1.54) is 4.88 Å². The number of fused-ring (bicyclic) bond motifs is 1. The van der Waals surface area contributed by atoms with Crippen LogP contribution in [0.3, 0.4) is 0 Å². The number of aryl methyl sites for hydroxylation is 1. The second-order valence-corrected chi connectivity index (χ2v) is 4.97. The molecule has 0 radical (unpaired) electrons. The van der Waals surface area contributed by atoms with Crippen LogP contribution in [0.25, 0.3) is 0 Å². The van der Waals surface area contributed by atoms with E-state index in [9.17, 15) is 5.11 Å². The second kappa shape index (κ2) is 4.36. The maximum Gasteiger partial charge on any atom is 0.0956 e. The van der Waals surface area contributed by atoms with Crippen molar-refractivity contribution in [1.29, 1.82) is 0 Å². The van der Waals surface area contributed by atoms with E-state index in [4.69, 9.17) is 6.42 Å². The predicted octanol–water partition coefficient (Wildman–Crippen LogP) is 1.66. The van der Waals surface area contributed by atoms with Gasteiger partial charge < -0.3 is 5.11 Å². The number of rotatable bonds is 2. The lowest BCUT2D eigenvalue weighted by Crippen LogP contribution is -2.39. The monoisotopic (exact) mass is 221 g/mol. The Kier molecular flexibility index (Phi) is 3.11. The Balaban J connectivity index is 2.16. The molecule has 1 N–H and O–H groups in total. The van der Waals surface area contributed by atoms with Crippen molar-refractivity contribution in [2.45, 2.75) is 25.0 Å². The second-order valence-electron chi connectivity index (χ2n) is 3.97. The number of hydrogen-bond donors (Lipinski definition) is 1. The number of aliphatic hydroxyl groups is 1. The number of likely N-dealkylation sites (N-methyl/N-ethyl adjacent to an activating group) is 1. The Hall–Kier alpha value is -0.820. The van der Waals surface area contributed by atoms with E-state index in [-0.39, 0.29) is 12.1 Å². The van der Waals surface area contributed by atoms with E-state index in [1.807, 2.05) is 13.1 Å². The maximum atomic E-state index is 10.2. The van der Waals surface area contributed by atoms with Gasteiger partial charge in [-0.3, -0.25) is 4.90 Å². The molecule has 0 fully saturated rings. The molecule has 80 valence electrons. The number of terminal acetylenes is 1. The summed E-state index contributed by atoms with van der Waals surface area (Å²) in [6, 6.07) is 2.20. The zero-order valence-electron chi connectivity index (χ0n) is 8.81. The molecular formula is C12H15NOS. The van der Waals surface area contributed by atoms with Crippen LogP contribution in [0.5, 0.6) is 0 Å². The molecule has 1 aromatic rings. The molecule has 0 saturated carbocycles. The molecule has 15 heavy (non-hydrogen) atoms. The average molecular weight is 221 g/mol. The van der Waals surface area contributed by atoms with Crippen LogP contribution >= 0.6 is 11.3 Å². The summed E-state index contributed by atoms with van der Waals surface area (Å²) in [5, 5.41) is 12.3. The highest BCUT2D eigenvalue weighted by Gasteiger charge is 2.30. The summed E-state index contributed by atoms with van der Waals surface area (Å²) < 4.78 is 0. The molecule has 1 aromatic heterocycles. The zero-order chi connectivity index (χ0) is 10.8. The van der Waals surface area contributed by atoms with Crippen LogP contribution in [0.2, 0.25) is 0 Å². The Morgan fingerprint density at radius 1 is 1.73 bits per heavy atom. The Morgan fingerprint density at radius 2 is 2.53 bits per heavy atom. The van der Waals surface area contributed by atoms with Gasteiger partial charge in [-0.1, -0.05) is 5.92 Å². The molecule has 1 aliphatic rings. The summed E-state index contributed by atoms with van der Waals surface area (Å²) in [4.78, 5) is 3.39. The summed E-state index contributed by atoms with van der Waals surface area (Å²) in [6.07, 6.45) is 6.96. The molecule has 0 bridgehead atoms. The molecule has 2 nitrogen and oxygen atoms in total. The van der Waals surface area contributed by atoms with Gasteiger partial charge in [0.1, 0.15) is 0 Å². The summed E-state index contributed by atoms with van der Waals surface area (Å²) in [5.74, 6) is 2.62. The van der Waals surface area contributed by atoms with Gasteiger partial charge in [0.05, 0.1) is 12.6 Å². The maximum absolute atomic E-state index is 10.2. The van der Waals surface area contributed by atoms with Crippen molar-refractivity contribution in [3.63, 3.8) is 0 Å². The van der Waals surface area contributed by atoms with Gasteiger partial charge in [-0.15, -0.1) is 17.8 Å². The molecular weight excluding hydrogens is 206 g/mol. The summed E-state index contributed by atoms with van der Waals surface area (Å²) in [5.41, 5.74) is 1.10. The molecule has 2 rings (SSSR count). The third-order valence-electron chi connectivity index (χ3n) is 3.04. The predicted molar refractivity (Wildman–Crippen MR) is 62.9 cm³/mol. The van der Waals surface area contributed by atoms with Gasteiger partial charge in [0, 0.05) is 10.9 Å². The van der Waals surface area contributed by atoms with Gasteiger partial charge in [0.15, 0.2) is 0 Å². The molecule has 1 heterocycles. The standard InChI is InChI=1S/C12H15NOS/c1-3-7-13(2)10-4-5-11-9(12(10)14)6-8-15-11/h1,6,8,10,12,14H,4-5,7H2,2H3. The van der Waals surface area contributed by atoms with Gasteiger partial charge in [0.25, 0.3) is 0 Å². The largest absolute Gasteiger partial charge is 0.387 e. The van der Waals surface area contributed by atoms with E-state index in [2.05, 4.69) is 16.2 Å². The highest BCUT2D eigenvalue weighted by Crippen LogP contribution is 2.35. The van der Waals surface area contributed by atoms with E-state index in [0.717, 1.165) is 18.4 Å². The van der Waals surface area contributed by atoms with Crippen molar-refractivity contribution < 1.29 is 5.11 Å². The molecule has 0 amide bonds. The number of aliphatic hydroxyl groups excluding tert-OH is 1. The van der Waals surface area contributed by atoms with Crippen LogP contribution in [0.4, 0.5) is 0 Å². The lowest BCUT2D eigenvalue weighted by atomic mass is 9.90. The average Bonchev–Trinajstić information content (AvgIpc) is 2.67. The lowest BCUT2D eigenvalue weighted by molar-refractivity contribution is 0.0576. The Labute approximate surface area is 94.5 Å². The minimum atomic E-state index is -0.377. The molecule has 0 saturated heterocycles. The molecule has 2 atom stereocenters. The zero-order valence-corrected chi connectivity index (χ0v) is 9.63. The Bertz CT molecular complexity index is 379. The topological polar surface area (TPSA) is 23.5 Å². The van der Waals surface area contributed by atoms with Crippen LogP contribution < -0.4 is 0 Å². The van der Waals surface area contributed by atoms with E-state index < -0.39 is 0 Å². The fourth-order valence-corrected chi connectivity index (χ4v) is 3.12. The fourth-order valence-electron chi connectivity index (χ4n) is 2.18. The van der Waals surface area contributed by atoms with Gasteiger partial charge in [0.2, 0.25) is 0 Å². The van der Waals surface area contributed by atoms with Gasteiger partial charge in [-0.25, -0.2) is 0 Å². The molecule has 1 aliphatic carbocycles. The van der Waals surface area contributed by atoms with Crippen molar-refractivity contribution in [2.24, 2.45) is 0 Å². The third kappa shape index (κ3) is 1.93. The SMILES string of the molecule is C#CCN(C)C1CCc2sccc2C1O. The number of thiophene rings is 1. The van der Waals surface area contributed by atoms with Crippen molar-refractivity contribution >= 4 is 11.3 Å². The minimum Gasteiger partial charge on any atom is -0.387 e. The van der Waals surface area contributed by atoms with Crippen LogP contribution in [-0.4, -0.2) is 29.6 Å². The van der Waals surface area contributed by atoms with Crippen LogP contribution in [-0.2, 0) is 6.42 Å². The first kappa shape index (κ1) is 10.7. The number of hydrogen-bond acceptors (Lipinski definition) is 3. The summed E-state index contributed by atoms with van der Waals surface area (Å²) in [6.45, 7) is 0.598. The minimum absolute atomic E-state index is 0.170. The van der Waals surface area contributed by atoms with Crippen LogP contribution in [0, 0.1) is 12.3 Å². The quantitative estimate of drug-likeness (QED) is 0.768. The van der Waals surface area contributed by atoms with E-state index in [1.54, 1.807) is 11.3 Å². The third-order valence-corrected chi connectivity index (χ3v) is 4.03. The highest BCUT2D eigenvalue weighted by molar-refractivity contribution is 7.10. The van der Waals surface area contributed by atoms with Gasteiger partial charge in [-0.05, 0) is 36.9 Å². The summed E-state index contributed by atoms with van der Waals surface area (Å²) >= 11 is 1.74. The molecule has 0 aliphatic heterocycles. The first-order valence-corrected chi connectivity index (χ1v) is 6.00. The fraction of sp³-hybridized carbons (Fsp3) is 0.500. The number of nitrogens with zero attached hydrogens (tertiary/aromatic N) is 1. The van der Waals surface area contributed by atoms with Crippen LogP contribution in [0.15, 0.2) is 11.4 Å². The lowest BCUT2D eigenvalue weighted by Gasteiger charge is -2.34. The Morgan fingerprint density at radius 3 is 3.27 bits per heavy atom. The highest BCUT2D eigenvalue weighted by atomic mass is 32.1. The van der Waals surface area contributed by atoms with Crippen molar-refractivity contribution in [1.82, 2.24) is 4.90 Å². The van der Waals surface area contributed by atoms with Crippen LogP contribution in [0.1, 0.15) is 23.0 Å². The molecule has 2 unspecified atom stereocenters. The molecule has 0 spiro atoms. The first-order chi connectivity index (χ1) is 7.24. The van der Waals surface area contributed by atoms with Crippen molar-refractivity contribution in [3.05, 3.63) is 21.9 Å². The van der Waals surface area contributed by atoms with E-state index >= 15 is 0 Å². The molecule has 0 aromatic carbocycles. The summed E-state index contributed by atoms with van der Waals surface area (Å²) in [7, 11) is 1.98. The smallest absolute Gasteiger partial charge is 0.0956 e. The van der Waals surface area contributed by atoms with Crippen molar-refractivity contribution in [3.8, 4) is 12.3 Å². The van der Waals surface area contributed by atoms with E-state index in [0.29, 0.717) is 6.54 Å². The van der Waals surface area contributed by atoms with Crippen molar-refractivity contribution in [2.75, 3.05) is 13.6 Å². The normalized spacial score (nSPS) is 24.9. The molecule has 3 heteroatoms. The van der Waals surface area contributed by atoms with Gasteiger partial charge >= 0.3 is 0 Å². The first-order valence-electron chi connectivity index (χ1n) is 5.12. The van der Waals surface area contributed by atoms with Gasteiger partial charge in [-0.2, -0.15) is 0 Å².